The standard InChI is InChI=1S/C16H36N4/c1-12(2)19-14(5)10-18(9)11-15(6)20(13(3)4)16(19)17(7)8/h12-16H,10-11H2,1-9H3. The Morgan fingerprint density at radius 2 is 1.20 bits per heavy atom. The van der Waals surface area contributed by atoms with Crippen molar-refractivity contribution in [1.29, 1.82) is 0 Å². The van der Waals surface area contributed by atoms with Crippen LogP contribution in [0.1, 0.15) is 41.5 Å². The number of nitrogens with zero attached hydrogens (tertiary/aromatic N) is 4. The average molecular weight is 284 g/mol. The highest BCUT2D eigenvalue weighted by Crippen LogP contribution is 2.24. The van der Waals surface area contributed by atoms with Gasteiger partial charge in [0.1, 0.15) is 6.29 Å². The van der Waals surface area contributed by atoms with Crippen LogP contribution in [0.2, 0.25) is 0 Å². The molecule has 4 heteroatoms. The number of hydrogen-bond donors (Lipinski definition) is 0. The summed E-state index contributed by atoms with van der Waals surface area (Å²) in [6, 6.07) is 2.19. The molecule has 1 heterocycles. The Bertz CT molecular complexity index is 266. The van der Waals surface area contributed by atoms with Crippen molar-refractivity contribution in [2.75, 3.05) is 34.2 Å². The molecule has 0 radical (unpaired) electrons. The van der Waals surface area contributed by atoms with E-state index >= 15 is 0 Å². The second-order valence-corrected chi connectivity index (χ2v) is 7.31. The Hall–Kier alpha value is -0.160. The molecule has 2 atom stereocenters. The van der Waals surface area contributed by atoms with Crippen molar-refractivity contribution in [3.63, 3.8) is 0 Å². The maximum absolute atomic E-state index is 2.66. The molecule has 0 spiro atoms. The van der Waals surface area contributed by atoms with Crippen LogP contribution in [0.3, 0.4) is 0 Å². The van der Waals surface area contributed by atoms with Crippen LogP contribution >= 0.6 is 0 Å². The van der Waals surface area contributed by atoms with E-state index in [9.17, 15) is 0 Å². The molecule has 120 valence electrons. The van der Waals surface area contributed by atoms with E-state index in [1.807, 2.05) is 0 Å². The molecule has 0 bridgehead atoms. The summed E-state index contributed by atoms with van der Waals surface area (Å²) in [7, 11) is 6.67. The maximum Gasteiger partial charge on any atom is 0.120 e. The molecular formula is C16H36N4. The van der Waals surface area contributed by atoms with Crippen LogP contribution in [-0.2, 0) is 0 Å². The van der Waals surface area contributed by atoms with Crippen molar-refractivity contribution in [2.24, 2.45) is 0 Å². The third kappa shape index (κ3) is 3.94. The van der Waals surface area contributed by atoms with Gasteiger partial charge in [-0.3, -0.25) is 14.7 Å². The van der Waals surface area contributed by atoms with E-state index in [0.29, 0.717) is 30.5 Å². The lowest BCUT2D eigenvalue weighted by atomic mass is 10.1. The molecule has 1 aliphatic rings. The molecule has 0 aliphatic carbocycles. The Balaban J connectivity index is 3.21. The lowest BCUT2D eigenvalue weighted by Crippen LogP contribution is -2.68. The van der Waals surface area contributed by atoms with Crippen LogP contribution in [0.15, 0.2) is 0 Å². The van der Waals surface area contributed by atoms with E-state index in [0.717, 1.165) is 13.1 Å². The molecular weight excluding hydrogens is 248 g/mol. The first-order chi connectivity index (χ1) is 9.16. The molecule has 1 aliphatic heterocycles. The van der Waals surface area contributed by atoms with Gasteiger partial charge in [0.15, 0.2) is 0 Å². The van der Waals surface area contributed by atoms with E-state index in [4.69, 9.17) is 0 Å². The molecule has 0 aromatic rings. The summed E-state index contributed by atoms with van der Waals surface area (Å²) in [6.07, 6.45) is 0.369. The van der Waals surface area contributed by atoms with Gasteiger partial charge in [0.05, 0.1) is 0 Å². The zero-order valence-electron chi connectivity index (χ0n) is 15.1. The van der Waals surface area contributed by atoms with E-state index in [1.165, 1.54) is 0 Å². The minimum Gasteiger partial charge on any atom is -0.303 e. The number of likely N-dealkylation sites (N-methyl/N-ethyl adjacent to an activating group) is 1. The SMILES string of the molecule is CC(C)N1C(C)CN(C)CC(C)N(C(C)C)C1N(C)C. The summed E-state index contributed by atoms with van der Waals surface area (Å²) >= 11 is 0. The van der Waals surface area contributed by atoms with E-state index in [-0.39, 0.29) is 0 Å². The van der Waals surface area contributed by atoms with Crippen LogP contribution < -0.4 is 0 Å². The molecule has 2 unspecified atom stereocenters. The number of hydrogen-bond acceptors (Lipinski definition) is 4. The molecule has 0 aromatic carbocycles. The molecule has 20 heavy (non-hydrogen) atoms. The fourth-order valence-corrected chi connectivity index (χ4v) is 3.86. The number of rotatable bonds is 3. The van der Waals surface area contributed by atoms with Gasteiger partial charge < -0.3 is 4.90 Å². The van der Waals surface area contributed by atoms with Gasteiger partial charge in [-0.25, -0.2) is 0 Å². The molecule has 0 N–H and O–H groups in total. The Kier molecular flexibility index (Phi) is 6.45. The fraction of sp³-hybridized carbons (Fsp3) is 1.00. The predicted octanol–water partition coefficient (Wildman–Crippen LogP) is 1.97. The van der Waals surface area contributed by atoms with Crippen molar-refractivity contribution >= 4 is 0 Å². The van der Waals surface area contributed by atoms with Gasteiger partial charge in [0.25, 0.3) is 0 Å². The van der Waals surface area contributed by atoms with Gasteiger partial charge in [-0.1, -0.05) is 0 Å². The monoisotopic (exact) mass is 284 g/mol. The largest absolute Gasteiger partial charge is 0.303 e. The summed E-state index contributed by atoms with van der Waals surface area (Å²) < 4.78 is 0. The Morgan fingerprint density at radius 3 is 1.45 bits per heavy atom. The third-order valence-electron chi connectivity index (χ3n) is 4.36. The van der Waals surface area contributed by atoms with Crippen molar-refractivity contribution in [2.45, 2.75) is 72.0 Å². The van der Waals surface area contributed by atoms with Crippen LogP contribution in [0, 0.1) is 0 Å². The zero-order chi connectivity index (χ0) is 15.6. The summed E-state index contributed by atoms with van der Waals surface area (Å²) in [5, 5.41) is 0. The summed E-state index contributed by atoms with van der Waals surface area (Å²) in [5.74, 6) is 0. The second kappa shape index (κ2) is 7.21. The topological polar surface area (TPSA) is 13.0 Å². The molecule has 1 saturated heterocycles. The third-order valence-corrected chi connectivity index (χ3v) is 4.36. The van der Waals surface area contributed by atoms with Gasteiger partial charge in [-0.15, -0.1) is 0 Å². The van der Waals surface area contributed by atoms with Gasteiger partial charge >= 0.3 is 0 Å². The quantitative estimate of drug-likeness (QED) is 0.785. The van der Waals surface area contributed by atoms with Crippen molar-refractivity contribution in [3.05, 3.63) is 0 Å². The summed E-state index contributed by atoms with van der Waals surface area (Å²) in [6.45, 7) is 16.3. The summed E-state index contributed by atoms with van der Waals surface area (Å²) in [5.41, 5.74) is 0. The lowest BCUT2D eigenvalue weighted by Gasteiger charge is -2.54. The highest BCUT2D eigenvalue weighted by molar-refractivity contribution is 4.88. The van der Waals surface area contributed by atoms with Crippen molar-refractivity contribution in [1.82, 2.24) is 19.6 Å². The van der Waals surface area contributed by atoms with Crippen molar-refractivity contribution in [3.8, 4) is 0 Å². The normalized spacial score (nSPS) is 32.1. The molecule has 0 saturated carbocycles. The van der Waals surface area contributed by atoms with Gasteiger partial charge in [-0.05, 0) is 62.7 Å². The summed E-state index contributed by atoms with van der Waals surface area (Å²) in [4.78, 5) is 10.2. The van der Waals surface area contributed by atoms with E-state index < -0.39 is 0 Å². The molecule has 4 nitrogen and oxygen atoms in total. The van der Waals surface area contributed by atoms with Gasteiger partial charge in [0.2, 0.25) is 0 Å². The first-order valence-electron chi connectivity index (χ1n) is 8.06. The molecule has 1 rings (SSSR count). The first kappa shape index (κ1) is 17.9. The Morgan fingerprint density at radius 1 is 0.850 bits per heavy atom. The smallest absolute Gasteiger partial charge is 0.120 e. The predicted molar refractivity (Wildman–Crippen MR) is 87.8 cm³/mol. The van der Waals surface area contributed by atoms with Crippen LogP contribution in [0.25, 0.3) is 0 Å². The van der Waals surface area contributed by atoms with Crippen LogP contribution in [-0.4, -0.2) is 84.3 Å². The highest BCUT2D eigenvalue weighted by atomic mass is 15.5. The van der Waals surface area contributed by atoms with Crippen LogP contribution in [0.4, 0.5) is 0 Å². The van der Waals surface area contributed by atoms with Gasteiger partial charge in [0, 0.05) is 37.3 Å². The van der Waals surface area contributed by atoms with E-state index in [2.05, 4.69) is 82.3 Å². The lowest BCUT2D eigenvalue weighted by molar-refractivity contribution is -0.130. The average Bonchev–Trinajstić information content (AvgIpc) is 2.24. The Labute approximate surface area is 126 Å². The maximum atomic E-state index is 2.66. The van der Waals surface area contributed by atoms with Crippen LogP contribution in [0.5, 0.6) is 0 Å². The second-order valence-electron chi connectivity index (χ2n) is 7.31. The van der Waals surface area contributed by atoms with Crippen molar-refractivity contribution < 1.29 is 0 Å². The minimum atomic E-state index is 0.369. The minimum absolute atomic E-state index is 0.369. The first-order valence-corrected chi connectivity index (χ1v) is 8.06. The fourth-order valence-electron chi connectivity index (χ4n) is 3.86. The molecule has 1 fully saturated rings. The zero-order valence-corrected chi connectivity index (χ0v) is 15.1. The molecule has 0 aromatic heterocycles. The van der Waals surface area contributed by atoms with Gasteiger partial charge in [-0.2, -0.15) is 0 Å². The molecule has 0 amide bonds. The highest BCUT2D eigenvalue weighted by Gasteiger charge is 2.38. The van der Waals surface area contributed by atoms with E-state index in [1.54, 1.807) is 0 Å².